The third-order valence-corrected chi connectivity index (χ3v) is 1.87. The molecule has 3 nitrogen and oxygen atoms in total. The number of benzene rings is 1. The number of aromatic hydroxyl groups is 1. The van der Waals surface area contributed by atoms with Crippen LogP contribution in [0.1, 0.15) is 12.5 Å². The monoisotopic (exact) mass is 194 g/mol. The molecule has 0 aliphatic heterocycles. The van der Waals surface area contributed by atoms with E-state index < -0.39 is 0 Å². The summed E-state index contributed by atoms with van der Waals surface area (Å²) >= 11 is 0. The highest BCUT2D eigenvalue weighted by Gasteiger charge is 2.00. The zero-order valence-electron chi connectivity index (χ0n) is 8.32. The van der Waals surface area contributed by atoms with Crippen molar-refractivity contribution in [2.24, 2.45) is 0 Å². The molecule has 0 spiro atoms. The van der Waals surface area contributed by atoms with E-state index in [1.807, 2.05) is 13.0 Å². The molecule has 1 aromatic rings. The van der Waals surface area contributed by atoms with Crippen molar-refractivity contribution in [1.29, 1.82) is 0 Å². The zero-order valence-corrected chi connectivity index (χ0v) is 8.32. The number of aliphatic hydroxyl groups is 1. The average Bonchev–Trinajstić information content (AvgIpc) is 2.18. The van der Waals surface area contributed by atoms with Gasteiger partial charge in [-0.15, -0.1) is 0 Å². The van der Waals surface area contributed by atoms with E-state index in [4.69, 9.17) is 9.84 Å². The molecule has 0 radical (unpaired) electrons. The van der Waals surface area contributed by atoms with Gasteiger partial charge in [0, 0.05) is 0 Å². The van der Waals surface area contributed by atoms with Gasteiger partial charge in [-0.05, 0) is 30.2 Å². The van der Waals surface area contributed by atoms with Crippen LogP contribution in [-0.4, -0.2) is 23.9 Å². The zero-order chi connectivity index (χ0) is 10.6. The number of ether oxygens (including phenoxy) is 1. The fourth-order valence-electron chi connectivity index (χ4n) is 1.13. The number of phenolic OH excluding ortho intramolecular Hbond substituents is 1. The fraction of sp³-hybridized carbons (Fsp3) is 0.273. The van der Waals surface area contributed by atoms with Crippen molar-refractivity contribution in [3.05, 3.63) is 29.3 Å². The summed E-state index contributed by atoms with van der Waals surface area (Å²) in [6.07, 6.45) is 1.80. The van der Waals surface area contributed by atoms with Crippen molar-refractivity contribution in [1.82, 2.24) is 0 Å². The van der Waals surface area contributed by atoms with Gasteiger partial charge in [0.25, 0.3) is 0 Å². The minimum Gasteiger partial charge on any atom is -0.504 e. The first kappa shape index (κ1) is 10.6. The molecule has 1 aromatic carbocycles. The van der Waals surface area contributed by atoms with Crippen LogP contribution >= 0.6 is 0 Å². The van der Waals surface area contributed by atoms with Crippen LogP contribution in [-0.2, 0) is 0 Å². The Morgan fingerprint density at radius 1 is 1.50 bits per heavy atom. The summed E-state index contributed by atoms with van der Waals surface area (Å²) in [7, 11) is 1.50. The van der Waals surface area contributed by atoms with Gasteiger partial charge in [0.05, 0.1) is 13.7 Å². The number of aliphatic hydroxyl groups excluding tert-OH is 1. The molecule has 76 valence electrons. The van der Waals surface area contributed by atoms with E-state index in [1.165, 1.54) is 7.11 Å². The van der Waals surface area contributed by atoms with Crippen LogP contribution in [0.4, 0.5) is 0 Å². The molecular formula is C11H14O3. The second-order valence-electron chi connectivity index (χ2n) is 3.08. The van der Waals surface area contributed by atoms with Crippen LogP contribution < -0.4 is 4.74 Å². The molecule has 0 atom stereocenters. The highest BCUT2D eigenvalue weighted by atomic mass is 16.5. The van der Waals surface area contributed by atoms with E-state index in [0.717, 1.165) is 11.1 Å². The van der Waals surface area contributed by atoms with Gasteiger partial charge in [-0.1, -0.05) is 12.1 Å². The van der Waals surface area contributed by atoms with E-state index >= 15 is 0 Å². The van der Waals surface area contributed by atoms with Gasteiger partial charge in [-0.2, -0.15) is 0 Å². The normalized spacial score (nSPS) is 11.5. The molecule has 2 N–H and O–H groups in total. The SMILES string of the molecule is COc1ccc(C=C(C)CO)cc1O. The molecule has 0 heterocycles. The summed E-state index contributed by atoms with van der Waals surface area (Å²) in [5.41, 5.74) is 1.68. The maximum Gasteiger partial charge on any atom is 0.160 e. The molecule has 0 aromatic heterocycles. The van der Waals surface area contributed by atoms with Crippen molar-refractivity contribution in [3.8, 4) is 11.5 Å². The molecule has 0 aliphatic rings. The number of rotatable bonds is 3. The Morgan fingerprint density at radius 2 is 2.21 bits per heavy atom. The minimum absolute atomic E-state index is 0.0206. The lowest BCUT2D eigenvalue weighted by Gasteiger charge is -2.04. The largest absolute Gasteiger partial charge is 0.504 e. The van der Waals surface area contributed by atoms with Crippen molar-refractivity contribution < 1.29 is 14.9 Å². The van der Waals surface area contributed by atoms with Gasteiger partial charge in [0.15, 0.2) is 11.5 Å². The Kier molecular flexibility index (Phi) is 3.54. The van der Waals surface area contributed by atoms with Gasteiger partial charge in [-0.3, -0.25) is 0 Å². The lowest BCUT2D eigenvalue weighted by atomic mass is 10.1. The minimum atomic E-state index is 0.0206. The van der Waals surface area contributed by atoms with Gasteiger partial charge in [0.2, 0.25) is 0 Å². The summed E-state index contributed by atoms with van der Waals surface area (Å²) in [5, 5.41) is 18.3. The molecule has 1 rings (SSSR count). The van der Waals surface area contributed by atoms with Crippen molar-refractivity contribution in [2.75, 3.05) is 13.7 Å². The summed E-state index contributed by atoms with van der Waals surface area (Å²) in [6, 6.07) is 5.10. The van der Waals surface area contributed by atoms with Crippen molar-refractivity contribution in [3.63, 3.8) is 0 Å². The van der Waals surface area contributed by atoms with Crippen LogP contribution in [0.5, 0.6) is 11.5 Å². The lowest BCUT2D eigenvalue weighted by Crippen LogP contribution is -1.86. The first-order valence-corrected chi connectivity index (χ1v) is 4.32. The summed E-state index contributed by atoms with van der Waals surface area (Å²) in [6.45, 7) is 1.84. The molecule has 0 saturated carbocycles. The highest BCUT2D eigenvalue weighted by molar-refractivity contribution is 5.57. The van der Waals surface area contributed by atoms with Crippen molar-refractivity contribution >= 4 is 6.08 Å². The molecule has 0 amide bonds. The van der Waals surface area contributed by atoms with Gasteiger partial charge in [0.1, 0.15) is 0 Å². The number of methoxy groups -OCH3 is 1. The van der Waals surface area contributed by atoms with E-state index in [-0.39, 0.29) is 12.4 Å². The predicted octanol–water partition coefficient (Wildman–Crippen LogP) is 1.80. The fourth-order valence-corrected chi connectivity index (χ4v) is 1.13. The Balaban J connectivity index is 2.97. The maximum atomic E-state index is 9.46. The molecule has 0 saturated heterocycles. The lowest BCUT2D eigenvalue weighted by molar-refractivity contribution is 0.332. The highest BCUT2D eigenvalue weighted by Crippen LogP contribution is 2.26. The summed E-state index contributed by atoms with van der Waals surface area (Å²) < 4.78 is 4.91. The van der Waals surface area contributed by atoms with Crippen LogP contribution in [0.15, 0.2) is 23.8 Å². The summed E-state index contributed by atoms with van der Waals surface area (Å²) in [4.78, 5) is 0. The molecule has 0 bridgehead atoms. The first-order chi connectivity index (χ1) is 6.67. The van der Waals surface area contributed by atoms with E-state index in [9.17, 15) is 5.11 Å². The van der Waals surface area contributed by atoms with Crippen LogP contribution in [0.3, 0.4) is 0 Å². The molecule has 0 aliphatic carbocycles. The summed E-state index contributed by atoms with van der Waals surface area (Å²) in [5.74, 6) is 0.552. The maximum absolute atomic E-state index is 9.46. The van der Waals surface area contributed by atoms with Crippen LogP contribution in [0.2, 0.25) is 0 Å². The van der Waals surface area contributed by atoms with Gasteiger partial charge < -0.3 is 14.9 Å². The molecule has 3 heteroatoms. The Morgan fingerprint density at radius 3 is 2.71 bits per heavy atom. The molecule has 14 heavy (non-hydrogen) atoms. The Labute approximate surface area is 83.3 Å². The van der Waals surface area contributed by atoms with Gasteiger partial charge in [-0.25, -0.2) is 0 Å². The second kappa shape index (κ2) is 4.67. The molecule has 0 fully saturated rings. The molecule has 0 unspecified atom stereocenters. The van der Waals surface area contributed by atoms with E-state index in [1.54, 1.807) is 18.2 Å². The van der Waals surface area contributed by atoms with E-state index in [0.29, 0.717) is 5.75 Å². The first-order valence-electron chi connectivity index (χ1n) is 4.32. The smallest absolute Gasteiger partial charge is 0.160 e. The third kappa shape index (κ3) is 2.50. The Bertz CT molecular complexity index is 342. The second-order valence-corrected chi connectivity index (χ2v) is 3.08. The topological polar surface area (TPSA) is 49.7 Å². The average molecular weight is 194 g/mol. The third-order valence-electron chi connectivity index (χ3n) is 1.87. The van der Waals surface area contributed by atoms with Crippen LogP contribution in [0.25, 0.3) is 6.08 Å². The number of hydrogen-bond donors (Lipinski definition) is 2. The standard InChI is InChI=1S/C11H14O3/c1-8(7-12)5-9-3-4-11(14-2)10(13)6-9/h3-6,12-13H,7H2,1-2H3. The Hall–Kier alpha value is -1.48. The number of phenols is 1. The predicted molar refractivity (Wildman–Crippen MR) is 55.4 cm³/mol. The van der Waals surface area contributed by atoms with Crippen LogP contribution in [0, 0.1) is 0 Å². The molecular weight excluding hydrogens is 180 g/mol. The van der Waals surface area contributed by atoms with Gasteiger partial charge >= 0.3 is 0 Å². The van der Waals surface area contributed by atoms with Crippen molar-refractivity contribution in [2.45, 2.75) is 6.92 Å². The quantitative estimate of drug-likeness (QED) is 0.771. The number of hydrogen-bond acceptors (Lipinski definition) is 3. The van der Waals surface area contributed by atoms with E-state index in [2.05, 4.69) is 0 Å².